The predicted molar refractivity (Wildman–Crippen MR) is 120 cm³/mol. The maximum Gasteiger partial charge on any atom is 0.243 e. The number of methoxy groups -OCH3 is 1. The molecule has 0 bridgehead atoms. The first kappa shape index (κ1) is 21.3. The number of fused-ring (bicyclic) bond motifs is 1. The average molecular weight is 439 g/mol. The van der Waals surface area contributed by atoms with Gasteiger partial charge in [-0.1, -0.05) is 42.5 Å². The Morgan fingerprint density at radius 3 is 2.48 bits per heavy atom. The van der Waals surface area contributed by atoms with E-state index in [1.165, 1.54) is 4.31 Å². The molecule has 0 aromatic heterocycles. The summed E-state index contributed by atoms with van der Waals surface area (Å²) in [4.78, 5) is 12.9. The van der Waals surface area contributed by atoms with Crippen LogP contribution in [0.5, 0.6) is 5.75 Å². The second-order valence-electron chi connectivity index (χ2n) is 7.76. The topological polar surface area (TPSA) is 75.7 Å². The van der Waals surface area contributed by atoms with Gasteiger partial charge in [-0.3, -0.25) is 4.79 Å². The van der Waals surface area contributed by atoms with Gasteiger partial charge in [0.15, 0.2) is 0 Å². The Morgan fingerprint density at radius 2 is 1.74 bits per heavy atom. The molecule has 1 aliphatic rings. The van der Waals surface area contributed by atoms with Crippen LogP contribution < -0.4 is 10.1 Å². The van der Waals surface area contributed by atoms with E-state index < -0.39 is 10.0 Å². The SMILES string of the molecule is COc1cccc(CNC(=O)C2CCN(S(=O)(=O)c3ccc4ccccc4c3)CC2)c1. The van der Waals surface area contributed by atoms with Crippen LogP contribution in [0.3, 0.4) is 0 Å². The Bertz CT molecular complexity index is 1180. The van der Waals surface area contributed by atoms with Crippen LogP contribution >= 0.6 is 0 Å². The lowest BCUT2D eigenvalue weighted by Gasteiger charge is -2.30. The third kappa shape index (κ3) is 4.73. The zero-order valence-electron chi connectivity index (χ0n) is 17.5. The number of carbonyl (C=O) groups is 1. The number of sulfonamides is 1. The highest BCUT2D eigenvalue weighted by Gasteiger charge is 2.32. The molecule has 0 aliphatic carbocycles. The Labute approximate surface area is 182 Å². The number of hydrogen-bond acceptors (Lipinski definition) is 4. The van der Waals surface area contributed by atoms with E-state index >= 15 is 0 Å². The van der Waals surface area contributed by atoms with Crippen molar-refractivity contribution in [3.8, 4) is 5.75 Å². The minimum absolute atomic E-state index is 0.0365. The summed E-state index contributed by atoms with van der Waals surface area (Å²) in [7, 11) is -1.97. The molecule has 31 heavy (non-hydrogen) atoms. The molecule has 7 heteroatoms. The summed E-state index contributed by atoms with van der Waals surface area (Å²) in [5, 5.41) is 4.87. The van der Waals surface area contributed by atoms with Crippen LogP contribution in [0.25, 0.3) is 10.8 Å². The molecule has 6 nitrogen and oxygen atoms in total. The maximum absolute atomic E-state index is 13.1. The zero-order valence-corrected chi connectivity index (χ0v) is 18.3. The highest BCUT2D eigenvalue weighted by atomic mass is 32.2. The van der Waals surface area contributed by atoms with Crippen molar-refractivity contribution < 1.29 is 17.9 Å². The summed E-state index contributed by atoms with van der Waals surface area (Å²) in [6.07, 6.45) is 1.02. The van der Waals surface area contributed by atoms with Crippen molar-refractivity contribution >= 4 is 26.7 Å². The molecule has 0 unspecified atom stereocenters. The molecule has 3 aromatic rings. The van der Waals surface area contributed by atoms with E-state index in [1.807, 2.05) is 54.6 Å². The fraction of sp³-hybridized carbons (Fsp3) is 0.292. The van der Waals surface area contributed by atoms with Gasteiger partial charge in [-0.2, -0.15) is 4.31 Å². The largest absolute Gasteiger partial charge is 0.497 e. The van der Waals surface area contributed by atoms with Crippen molar-refractivity contribution in [3.63, 3.8) is 0 Å². The number of carbonyl (C=O) groups excluding carboxylic acids is 1. The number of ether oxygens (including phenoxy) is 1. The summed E-state index contributed by atoms with van der Waals surface area (Å²) in [5.74, 6) is 0.526. The van der Waals surface area contributed by atoms with Crippen LogP contribution in [0.1, 0.15) is 18.4 Å². The summed E-state index contributed by atoms with van der Waals surface area (Å²) in [6.45, 7) is 1.10. The molecule has 0 spiro atoms. The molecule has 3 aromatic carbocycles. The van der Waals surface area contributed by atoms with E-state index in [0.717, 1.165) is 22.1 Å². The number of nitrogens with zero attached hydrogens (tertiary/aromatic N) is 1. The first-order chi connectivity index (χ1) is 15.0. The van der Waals surface area contributed by atoms with Crippen LogP contribution in [-0.2, 0) is 21.4 Å². The van der Waals surface area contributed by atoms with E-state index in [-0.39, 0.29) is 11.8 Å². The fourth-order valence-electron chi connectivity index (χ4n) is 3.95. The maximum atomic E-state index is 13.1. The average Bonchev–Trinajstić information content (AvgIpc) is 2.82. The lowest BCUT2D eigenvalue weighted by atomic mass is 9.97. The monoisotopic (exact) mass is 438 g/mol. The van der Waals surface area contributed by atoms with Crippen molar-refractivity contribution in [3.05, 3.63) is 72.3 Å². The molecule has 0 radical (unpaired) electrons. The van der Waals surface area contributed by atoms with Crippen LogP contribution in [0, 0.1) is 5.92 Å². The highest BCUT2D eigenvalue weighted by Crippen LogP contribution is 2.26. The van der Waals surface area contributed by atoms with E-state index in [9.17, 15) is 13.2 Å². The normalized spacial score (nSPS) is 15.6. The van der Waals surface area contributed by atoms with E-state index in [2.05, 4.69) is 5.32 Å². The summed E-state index contributed by atoms with van der Waals surface area (Å²) < 4.78 is 32.9. The lowest BCUT2D eigenvalue weighted by molar-refractivity contribution is -0.126. The summed E-state index contributed by atoms with van der Waals surface area (Å²) in [6, 6.07) is 20.5. The molecule has 1 amide bonds. The van der Waals surface area contributed by atoms with E-state index in [0.29, 0.717) is 37.4 Å². The zero-order chi connectivity index (χ0) is 21.8. The number of piperidine rings is 1. The molecule has 162 valence electrons. The molecule has 1 aliphatic heterocycles. The van der Waals surface area contributed by atoms with Crippen LogP contribution in [-0.4, -0.2) is 38.8 Å². The Balaban J connectivity index is 1.36. The molecular weight excluding hydrogens is 412 g/mol. The standard InChI is InChI=1S/C24H26N2O4S/c1-30-22-8-4-5-18(15-22)17-25-24(27)20-11-13-26(14-12-20)31(28,29)23-10-9-19-6-2-3-7-21(19)16-23/h2-10,15-16,20H,11-14,17H2,1H3,(H,25,27). The smallest absolute Gasteiger partial charge is 0.243 e. The number of rotatable bonds is 6. The Kier molecular flexibility index (Phi) is 6.25. The molecule has 0 atom stereocenters. The van der Waals surface area contributed by atoms with Crippen molar-refractivity contribution in [2.75, 3.05) is 20.2 Å². The molecule has 1 fully saturated rings. The van der Waals surface area contributed by atoms with Crippen LogP contribution in [0.15, 0.2) is 71.6 Å². The van der Waals surface area contributed by atoms with Gasteiger partial charge in [0.1, 0.15) is 5.75 Å². The van der Waals surface area contributed by atoms with Crippen LogP contribution in [0.4, 0.5) is 0 Å². The second-order valence-corrected chi connectivity index (χ2v) is 9.69. The van der Waals surface area contributed by atoms with Gasteiger partial charge < -0.3 is 10.1 Å². The molecule has 1 saturated heterocycles. The van der Waals surface area contributed by atoms with Crippen molar-refractivity contribution in [2.45, 2.75) is 24.3 Å². The fourth-order valence-corrected chi connectivity index (χ4v) is 5.46. The number of hydrogen-bond donors (Lipinski definition) is 1. The molecule has 1 heterocycles. The van der Waals surface area contributed by atoms with E-state index in [4.69, 9.17) is 4.74 Å². The third-order valence-electron chi connectivity index (χ3n) is 5.78. The van der Waals surface area contributed by atoms with Gasteiger partial charge in [-0.05, 0) is 53.4 Å². The quantitative estimate of drug-likeness (QED) is 0.639. The first-order valence-corrected chi connectivity index (χ1v) is 11.8. The minimum atomic E-state index is -3.58. The number of nitrogens with one attached hydrogen (secondary N) is 1. The van der Waals surface area contributed by atoms with Gasteiger partial charge in [0, 0.05) is 25.6 Å². The summed E-state index contributed by atoms with van der Waals surface area (Å²) in [5.41, 5.74) is 0.962. The Morgan fingerprint density at radius 1 is 1.00 bits per heavy atom. The Hall–Kier alpha value is -2.90. The predicted octanol–water partition coefficient (Wildman–Crippen LogP) is 3.57. The van der Waals surface area contributed by atoms with Gasteiger partial charge in [-0.25, -0.2) is 8.42 Å². The second kappa shape index (κ2) is 9.08. The molecular formula is C24H26N2O4S. The van der Waals surface area contributed by atoms with E-state index in [1.54, 1.807) is 19.2 Å². The van der Waals surface area contributed by atoms with Gasteiger partial charge in [0.25, 0.3) is 0 Å². The molecule has 0 saturated carbocycles. The van der Waals surface area contributed by atoms with Gasteiger partial charge in [-0.15, -0.1) is 0 Å². The lowest BCUT2D eigenvalue weighted by Crippen LogP contribution is -2.42. The summed E-state index contributed by atoms with van der Waals surface area (Å²) >= 11 is 0. The van der Waals surface area contributed by atoms with Gasteiger partial charge >= 0.3 is 0 Å². The first-order valence-electron chi connectivity index (χ1n) is 10.4. The van der Waals surface area contributed by atoms with Gasteiger partial charge in [0.05, 0.1) is 12.0 Å². The number of amides is 1. The minimum Gasteiger partial charge on any atom is -0.497 e. The van der Waals surface area contributed by atoms with Crippen molar-refractivity contribution in [1.82, 2.24) is 9.62 Å². The van der Waals surface area contributed by atoms with Gasteiger partial charge in [0.2, 0.25) is 15.9 Å². The molecule has 4 rings (SSSR count). The highest BCUT2D eigenvalue weighted by molar-refractivity contribution is 7.89. The number of benzene rings is 3. The molecule has 1 N–H and O–H groups in total. The third-order valence-corrected chi connectivity index (χ3v) is 7.68. The van der Waals surface area contributed by atoms with Crippen LogP contribution in [0.2, 0.25) is 0 Å². The van der Waals surface area contributed by atoms with Crippen molar-refractivity contribution in [2.24, 2.45) is 5.92 Å². The van der Waals surface area contributed by atoms with Crippen molar-refractivity contribution in [1.29, 1.82) is 0 Å².